The minimum absolute atomic E-state index is 0.745. The highest BCUT2D eigenvalue weighted by molar-refractivity contribution is 7.99. The van der Waals surface area contributed by atoms with Crippen LogP contribution in [0.4, 0.5) is 0 Å². The van der Waals surface area contributed by atoms with Gasteiger partial charge in [0.1, 0.15) is 0 Å². The predicted octanol–water partition coefficient (Wildman–Crippen LogP) is 2.62. The van der Waals surface area contributed by atoms with Crippen molar-refractivity contribution in [3.63, 3.8) is 0 Å². The van der Waals surface area contributed by atoms with Gasteiger partial charge in [0.2, 0.25) is 0 Å². The van der Waals surface area contributed by atoms with E-state index in [0.717, 1.165) is 5.25 Å². The zero-order valence-corrected chi connectivity index (χ0v) is 6.74. The van der Waals surface area contributed by atoms with E-state index in [1.807, 2.05) is 11.8 Å². The van der Waals surface area contributed by atoms with Crippen LogP contribution in [-0.4, -0.2) is 11.5 Å². The molecule has 0 nitrogen and oxygen atoms in total. The van der Waals surface area contributed by atoms with E-state index in [-0.39, 0.29) is 0 Å². The Kier molecular flexibility index (Phi) is 2.40. The van der Waals surface area contributed by atoms with Gasteiger partial charge >= 0.3 is 0 Å². The third-order valence-electron chi connectivity index (χ3n) is 1.64. The van der Waals surface area contributed by atoms with Crippen LogP contribution in [0, 0.1) is 0 Å². The standard InChI is InChI=1S/C8H12S/c1-7-5-3-4-6-8(7)9-2/h3-5,8H,6H2,1-2H3. The third-order valence-corrected chi connectivity index (χ3v) is 2.77. The van der Waals surface area contributed by atoms with Crippen molar-refractivity contribution < 1.29 is 0 Å². The number of rotatable bonds is 1. The van der Waals surface area contributed by atoms with Crippen molar-refractivity contribution in [1.29, 1.82) is 0 Å². The lowest BCUT2D eigenvalue weighted by Gasteiger charge is -2.14. The van der Waals surface area contributed by atoms with Gasteiger partial charge < -0.3 is 0 Å². The van der Waals surface area contributed by atoms with Crippen molar-refractivity contribution in [3.05, 3.63) is 23.8 Å². The Hall–Kier alpha value is -0.170. The second-order valence-corrected chi connectivity index (χ2v) is 3.34. The summed E-state index contributed by atoms with van der Waals surface area (Å²) in [6.45, 7) is 2.20. The van der Waals surface area contributed by atoms with Crippen LogP contribution in [0.2, 0.25) is 0 Å². The summed E-state index contributed by atoms with van der Waals surface area (Å²) in [4.78, 5) is 0. The summed E-state index contributed by atoms with van der Waals surface area (Å²) >= 11 is 1.93. The van der Waals surface area contributed by atoms with Gasteiger partial charge in [0.05, 0.1) is 0 Å². The number of thioether (sulfide) groups is 1. The maximum Gasteiger partial charge on any atom is 0.0288 e. The zero-order chi connectivity index (χ0) is 6.69. The van der Waals surface area contributed by atoms with E-state index < -0.39 is 0 Å². The minimum Gasteiger partial charge on any atom is -0.157 e. The maximum atomic E-state index is 2.23. The van der Waals surface area contributed by atoms with Gasteiger partial charge in [0, 0.05) is 5.25 Å². The second-order valence-electron chi connectivity index (χ2n) is 2.30. The first-order chi connectivity index (χ1) is 4.34. The van der Waals surface area contributed by atoms with Crippen molar-refractivity contribution in [3.8, 4) is 0 Å². The highest BCUT2D eigenvalue weighted by atomic mass is 32.2. The lowest BCUT2D eigenvalue weighted by atomic mass is 10.1. The fraction of sp³-hybridized carbons (Fsp3) is 0.500. The Morgan fingerprint density at radius 2 is 2.44 bits per heavy atom. The first-order valence-corrected chi connectivity index (χ1v) is 4.49. The number of allylic oxidation sites excluding steroid dienone is 3. The molecule has 0 aromatic heterocycles. The van der Waals surface area contributed by atoms with Gasteiger partial charge in [0.25, 0.3) is 0 Å². The molecule has 1 aliphatic rings. The molecule has 0 aliphatic heterocycles. The van der Waals surface area contributed by atoms with Gasteiger partial charge in [0.15, 0.2) is 0 Å². The molecule has 0 amide bonds. The normalized spacial score (nSPS) is 26.0. The van der Waals surface area contributed by atoms with Gasteiger partial charge in [-0.1, -0.05) is 23.8 Å². The molecular weight excluding hydrogens is 128 g/mol. The monoisotopic (exact) mass is 140 g/mol. The maximum absolute atomic E-state index is 2.23. The van der Waals surface area contributed by atoms with Crippen molar-refractivity contribution in [2.45, 2.75) is 18.6 Å². The lowest BCUT2D eigenvalue weighted by molar-refractivity contribution is 0.985. The molecule has 0 saturated carbocycles. The number of hydrogen-bond acceptors (Lipinski definition) is 1. The largest absolute Gasteiger partial charge is 0.157 e. The van der Waals surface area contributed by atoms with E-state index in [1.165, 1.54) is 12.0 Å². The van der Waals surface area contributed by atoms with Crippen LogP contribution in [0.25, 0.3) is 0 Å². The van der Waals surface area contributed by atoms with Gasteiger partial charge in [-0.3, -0.25) is 0 Å². The quantitative estimate of drug-likeness (QED) is 0.539. The summed E-state index contributed by atoms with van der Waals surface area (Å²) in [5.41, 5.74) is 1.50. The fourth-order valence-electron chi connectivity index (χ4n) is 0.997. The average molecular weight is 140 g/mol. The van der Waals surface area contributed by atoms with Crippen LogP contribution in [-0.2, 0) is 0 Å². The Morgan fingerprint density at radius 1 is 1.67 bits per heavy atom. The molecule has 1 unspecified atom stereocenters. The van der Waals surface area contributed by atoms with Crippen LogP contribution < -0.4 is 0 Å². The van der Waals surface area contributed by atoms with Crippen LogP contribution in [0.5, 0.6) is 0 Å². The summed E-state index contributed by atoms with van der Waals surface area (Å²) in [5, 5.41) is 0.745. The molecule has 1 atom stereocenters. The van der Waals surface area contributed by atoms with Crippen molar-refractivity contribution in [2.24, 2.45) is 0 Å². The summed E-state index contributed by atoms with van der Waals surface area (Å²) in [6.07, 6.45) is 9.95. The highest BCUT2D eigenvalue weighted by Crippen LogP contribution is 2.22. The molecule has 9 heavy (non-hydrogen) atoms. The van der Waals surface area contributed by atoms with E-state index in [4.69, 9.17) is 0 Å². The molecule has 0 N–H and O–H groups in total. The van der Waals surface area contributed by atoms with E-state index in [1.54, 1.807) is 0 Å². The number of hydrogen-bond donors (Lipinski definition) is 0. The molecule has 50 valence electrons. The van der Waals surface area contributed by atoms with E-state index in [9.17, 15) is 0 Å². The van der Waals surface area contributed by atoms with Gasteiger partial charge in [-0.25, -0.2) is 0 Å². The smallest absolute Gasteiger partial charge is 0.0288 e. The molecule has 0 bridgehead atoms. The summed E-state index contributed by atoms with van der Waals surface area (Å²) in [6, 6.07) is 0. The highest BCUT2D eigenvalue weighted by Gasteiger charge is 2.07. The molecule has 1 aliphatic carbocycles. The van der Waals surface area contributed by atoms with Crippen molar-refractivity contribution in [1.82, 2.24) is 0 Å². The second kappa shape index (κ2) is 3.11. The van der Waals surface area contributed by atoms with E-state index >= 15 is 0 Å². The SMILES string of the molecule is CSC1CC=CC=C1C. The topological polar surface area (TPSA) is 0 Å². The molecule has 0 radical (unpaired) electrons. The van der Waals surface area contributed by atoms with Crippen LogP contribution in [0.3, 0.4) is 0 Å². The first-order valence-electron chi connectivity index (χ1n) is 3.20. The molecule has 0 aromatic carbocycles. The Labute approximate surface area is 61.0 Å². The lowest BCUT2D eigenvalue weighted by Crippen LogP contribution is -2.03. The molecule has 0 spiro atoms. The molecular formula is C8H12S. The molecule has 0 heterocycles. The average Bonchev–Trinajstić information content (AvgIpc) is 1.89. The van der Waals surface area contributed by atoms with E-state index in [0.29, 0.717) is 0 Å². The predicted molar refractivity (Wildman–Crippen MR) is 44.8 cm³/mol. The minimum atomic E-state index is 0.745. The Morgan fingerprint density at radius 3 is 2.89 bits per heavy atom. The summed E-state index contributed by atoms with van der Waals surface area (Å²) in [5.74, 6) is 0. The van der Waals surface area contributed by atoms with E-state index in [2.05, 4.69) is 31.4 Å². The zero-order valence-electron chi connectivity index (χ0n) is 5.92. The van der Waals surface area contributed by atoms with Crippen molar-refractivity contribution >= 4 is 11.8 Å². The summed E-state index contributed by atoms with van der Waals surface area (Å²) in [7, 11) is 0. The van der Waals surface area contributed by atoms with Crippen LogP contribution in [0.15, 0.2) is 23.8 Å². The fourth-order valence-corrected chi connectivity index (χ4v) is 1.75. The Balaban J connectivity index is 2.59. The van der Waals surface area contributed by atoms with Crippen LogP contribution >= 0.6 is 11.8 Å². The van der Waals surface area contributed by atoms with Gasteiger partial charge in [-0.15, -0.1) is 0 Å². The third kappa shape index (κ3) is 1.62. The molecule has 1 heteroatoms. The summed E-state index contributed by atoms with van der Waals surface area (Å²) < 4.78 is 0. The van der Waals surface area contributed by atoms with Crippen LogP contribution in [0.1, 0.15) is 13.3 Å². The first kappa shape index (κ1) is 6.94. The molecule has 0 aromatic rings. The van der Waals surface area contributed by atoms with Crippen molar-refractivity contribution in [2.75, 3.05) is 6.26 Å². The molecule has 1 rings (SSSR count). The van der Waals surface area contributed by atoms with Gasteiger partial charge in [-0.05, 0) is 19.6 Å². The molecule has 0 fully saturated rings. The van der Waals surface area contributed by atoms with Gasteiger partial charge in [-0.2, -0.15) is 11.8 Å². The Bertz CT molecular complexity index is 145. The molecule has 0 saturated heterocycles.